The number of nitrogens with zero attached hydrogens (tertiary/aromatic N) is 3. The highest BCUT2D eigenvalue weighted by Crippen LogP contribution is 2.19. The standard InChI is InChI=1S/C8H10BrN3O/c1-13-6-4-12(5-6)8-3-10-7(9)2-11-8/h2-3,6H,4-5H2,1H3. The van der Waals surface area contributed by atoms with Gasteiger partial charge in [-0.2, -0.15) is 0 Å². The zero-order chi connectivity index (χ0) is 9.26. The number of halogens is 1. The van der Waals surface area contributed by atoms with Gasteiger partial charge in [0.05, 0.1) is 18.5 Å². The van der Waals surface area contributed by atoms with Crippen molar-refractivity contribution in [3.8, 4) is 0 Å². The lowest BCUT2D eigenvalue weighted by molar-refractivity contribution is 0.0783. The van der Waals surface area contributed by atoms with E-state index in [9.17, 15) is 0 Å². The van der Waals surface area contributed by atoms with Crippen LogP contribution in [0.15, 0.2) is 17.0 Å². The molecule has 0 amide bonds. The van der Waals surface area contributed by atoms with Crippen LogP contribution in [-0.2, 0) is 4.74 Å². The molecule has 2 rings (SSSR count). The summed E-state index contributed by atoms with van der Waals surface area (Å²) in [6, 6.07) is 0. The summed E-state index contributed by atoms with van der Waals surface area (Å²) in [6.07, 6.45) is 3.82. The van der Waals surface area contributed by atoms with E-state index < -0.39 is 0 Å². The van der Waals surface area contributed by atoms with E-state index in [0.29, 0.717) is 6.10 Å². The zero-order valence-electron chi connectivity index (χ0n) is 7.27. The van der Waals surface area contributed by atoms with Crippen LogP contribution in [0.4, 0.5) is 5.82 Å². The summed E-state index contributed by atoms with van der Waals surface area (Å²) in [5, 5.41) is 0. The Morgan fingerprint density at radius 1 is 1.46 bits per heavy atom. The maximum absolute atomic E-state index is 5.16. The molecule has 4 nitrogen and oxygen atoms in total. The van der Waals surface area contributed by atoms with Gasteiger partial charge in [0.25, 0.3) is 0 Å². The van der Waals surface area contributed by atoms with Crippen molar-refractivity contribution < 1.29 is 4.74 Å². The molecule has 0 N–H and O–H groups in total. The fourth-order valence-corrected chi connectivity index (χ4v) is 1.45. The summed E-state index contributed by atoms with van der Waals surface area (Å²) in [6.45, 7) is 1.82. The van der Waals surface area contributed by atoms with Crippen LogP contribution in [0.1, 0.15) is 0 Å². The highest BCUT2D eigenvalue weighted by atomic mass is 79.9. The predicted molar refractivity (Wildman–Crippen MR) is 52.7 cm³/mol. The first-order valence-electron chi connectivity index (χ1n) is 4.05. The Kier molecular flexibility index (Phi) is 2.46. The molecule has 1 fully saturated rings. The summed E-state index contributed by atoms with van der Waals surface area (Å²) in [5.74, 6) is 0.913. The van der Waals surface area contributed by atoms with E-state index in [4.69, 9.17) is 4.74 Å². The van der Waals surface area contributed by atoms with Gasteiger partial charge in [0, 0.05) is 20.2 Å². The molecule has 5 heteroatoms. The average Bonchev–Trinajstić information content (AvgIpc) is 2.06. The van der Waals surface area contributed by atoms with E-state index in [0.717, 1.165) is 23.5 Å². The number of hydrogen-bond donors (Lipinski definition) is 0. The number of aromatic nitrogens is 2. The lowest BCUT2D eigenvalue weighted by Crippen LogP contribution is -2.52. The third kappa shape index (κ3) is 1.81. The van der Waals surface area contributed by atoms with Crippen molar-refractivity contribution in [2.45, 2.75) is 6.10 Å². The van der Waals surface area contributed by atoms with Crippen LogP contribution in [0.3, 0.4) is 0 Å². The summed E-state index contributed by atoms with van der Waals surface area (Å²) in [4.78, 5) is 10.5. The van der Waals surface area contributed by atoms with Crippen LogP contribution in [0, 0.1) is 0 Å². The van der Waals surface area contributed by atoms with Crippen molar-refractivity contribution in [3.05, 3.63) is 17.0 Å². The summed E-state index contributed by atoms with van der Waals surface area (Å²) < 4.78 is 5.93. The van der Waals surface area contributed by atoms with Gasteiger partial charge in [-0.3, -0.25) is 0 Å². The van der Waals surface area contributed by atoms with Crippen LogP contribution < -0.4 is 4.90 Å². The predicted octanol–water partition coefficient (Wildman–Crippen LogP) is 1.07. The fourth-order valence-electron chi connectivity index (χ4n) is 1.24. The Balaban J connectivity index is 1.99. The molecule has 1 aliphatic rings. The molecule has 0 unspecified atom stereocenters. The maximum Gasteiger partial charge on any atom is 0.147 e. The largest absolute Gasteiger partial charge is 0.378 e. The molecule has 70 valence electrons. The molecular formula is C8H10BrN3O. The minimum Gasteiger partial charge on any atom is -0.378 e. The molecule has 2 heterocycles. The van der Waals surface area contributed by atoms with E-state index in [1.54, 1.807) is 19.5 Å². The fraction of sp³-hybridized carbons (Fsp3) is 0.500. The first-order chi connectivity index (χ1) is 6.29. The molecule has 0 bridgehead atoms. The summed E-state index contributed by atoms with van der Waals surface area (Å²) in [7, 11) is 1.73. The van der Waals surface area contributed by atoms with Crippen molar-refractivity contribution in [3.63, 3.8) is 0 Å². The van der Waals surface area contributed by atoms with Gasteiger partial charge in [-0.1, -0.05) is 0 Å². The third-order valence-corrected chi connectivity index (χ3v) is 2.52. The van der Waals surface area contributed by atoms with E-state index in [-0.39, 0.29) is 0 Å². The molecule has 13 heavy (non-hydrogen) atoms. The number of rotatable bonds is 2. The zero-order valence-corrected chi connectivity index (χ0v) is 8.86. The third-order valence-electron chi connectivity index (χ3n) is 2.11. The Bertz CT molecular complexity index is 284. The van der Waals surface area contributed by atoms with Gasteiger partial charge in [0.2, 0.25) is 0 Å². The van der Waals surface area contributed by atoms with Crippen LogP contribution >= 0.6 is 15.9 Å². The van der Waals surface area contributed by atoms with Gasteiger partial charge in [0.1, 0.15) is 10.4 Å². The molecule has 0 radical (unpaired) electrons. The number of anilines is 1. The van der Waals surface area contributed by atoms with Gasteiger partial charge in [0.15, 0.2) is 0 Å². The van der Waals surface area contributed by atoms with Crippen LogP contribution in [0.5, 0.6) is 0 Å². The molecular weight excluding hydrogens is 234 g/mol. The van der Waals surface area contributed by atoms with Crippen molar-refractivity contribution >= 4 is 21.7 Å². The second-order valence-electron chi connectivity index (χ2n) is 2.96. The van der Waals surface area contributed by atoms with Crippen molar-refractivity contribution in [2.24, 2.45) is 0 Å². The summed E-state index contributed by atoms with van der Waals surface area (Å²) >= 11 is 3.24. The first kappa shape index (κ1) is 8.90. The molecule has 0 spiro atoms. The van der Waals surface area contributed by atoms with E-state index in [1.807, 2.05) is 0 Å². The normalized spacial score (nSPS) is 17.2. The Morgan fingerprint density at radius 2 is 2.23 bits per heavy atom. The van der Waals surface area contributed by atoms with E-state index >= 15 is 0 Å². The lowest BCUT2D eigenvalue weighted by atomic mass is 10.2. The van der Waals surface area contributed by atoms with Gasteiger partial charge in [-0.15, -0.1) is 0 Å². The van der Waals surface area contributed by atoms with Crippen molar-refractivity contribution in [1.82, 2.24) is 9.97 Å². The second kappa shape index (κ2) is 3.59. The molecule has 0 atom stereocenters. The Morgan fingerprint density at radius 3 is 2.77 bits per heavy atom. The number of ether oxygens (including phenoxy) is 1. The molecule has 1 saturated heterocycles. The Labute approximate surface area is 85.1 Å². The van der Waals surface area contributed by atoms with Gasteiger partial charge in [-0.25, -0.2) is 9.97 Å². The minimum atomic E-state index is 0.352. The quantitative estimate of drug-likeness (QED) is 0.780. The molecule has 1 aromatic heterocycles. The highest BCUT2D eigenvalue weighted by Gasteiger charge is 2.27. The van der Waals surface area contributed by atoms with Crippen molar-refractivity contribution in [2.75, 3.05) is 25.1 Å². The number of hydrogen-bond acceptors (Lipinski definition) is 4. The first-order valence-corrected chi connectivity index (χ1v) is 4.84. The van der Waals surface area contributed by atoms with Crippen molar-refractivity contribution in [1.29, 1.82) is 0 Å². The molecule has 0 aromatic carbocycles. The maximum atomic E-state index is 5.16. The highest BCUT2D eigenvalue weighted by molar-refractivity contribution is 9.10. The van der Waals surface area contributed by atoms with Crippen LogP contribution in [0.2, 0.25) is 0 Å². The Hall–Kier alpha value is -0.680. The average molecular weight is 244 g/mol. The summed E-state index contributed by atoms with van der Waals surface area (Å²) in [5.41, 5.74) is 0. The van der Waals surface area contributed by atoms with Crippen LogP contribution in [0.25, 0.3) is 0 Å². The van der Waals surface area contributed by atoms with Gasteiger partial charge in [-0.05, 0) is 15.9 Å². The topological polar surface area (TPSA) is 38.2 Å². The molecule has 0 aliphatic carbocycles. The monoisotopic (exact) mass is 243 g/mol. The van der Waals surface area contributed by atoms with E-state index in [1.165, 1.54) is 0 Å². The van der Waals surface area contributed by atoms with E-state index in [2.05, 4.69) is 30.8 Å². The molecule has 1 aliphatic heterocycles. The van der Waals surface area contributed by atoms with Gasteiger partial charge < -0.3 is 9.64 Å². The lowest BCUT2D eigenvalue weighted by Gasteiger charge is -2.38. The smallest absolute Gasteiger partial charge is 0.147 e. The minimum absolute atomic E-state index is 0.352. The van der Waals surface area contributed by atoms with Gasteiger partial charge >= 0.3 is 0 Å². The molecule has 0 saturated carbocycles. The SMILES string of the molecule is COC1CN(c2cnc(Br)cn2)C1. The van der Waals surface area contributed by atoms with Crippen LogP contribution in [-0.4, -0.2) is 36.3 Å². The second-order valence-corrected chi connectivity index (χ2v) is 3.77. The molecule has 1 aromatic rings. The number of methoxy groups -OCH3 is 1.